The maximum atomic E-state index is 12.1. The summed E-state index contributed by atoms with van der Waals surface area (Å²) in [5.74, 6) is 0.916. The molecule has 116 valence electrons. The van der Waals surface area contributed by atoms with Gasteiger partial charge in [-0.1, -0.05) is 26.0 Å². The van der Waals surface area contributed by atoms with Crippen molar-refractivity contribution in [2.24, 2.45) is 23.0 Å². The van der Waals surface area contributed by atoms with Crippen molar-refractivity contribution in [3.05, 3.63) is 23.9 Å². The van der Waals surface area contributed by atoms with Crippen LogP contribution in [0, 0.1) is 17.3 Å². The van der Waals surface area contributed by atoms with Gasteiger partial charge in [-0.25, -0.2) is 4.79 Å². The first-order valence-corrected chi connectivity index (χ1v) is 7.88. The molecule has 2 aliphatic heterocycles. The third-order valence-corrected chi connectivity index (χ3v) is 5.14. The Morgan fingerprint density at radius 1 is 1.33 bits per heavy atom. The Morgan fingerprint density at radius 2 is 2.05 bits per heavy atom. The Labute approximate surface area is 126 Å². The Hall–Kier alpha value is -1.29. The van der Waals surface area contributed by atoms with E-state index in [0.29, 0.717) is 35.9 Å². The maximum absolute atomic E-state index is 12.1. The lowest BCUT2D eigenvalue weighted by atomic mass is 9.88. The van der Waals surface area contributed by atoms with E-state index in [1.807, 2.05) is 6.08 Å². The number of rotatable bonds is 2. The standard InChI is InChI=1S/C17H25NO3/c1-17(2)8-12-13(9-17)15-10-20-16(19)11(4-3-7-18)5-6-14(12)21-15/h3,5,7,12-15H,4,6,8-10,18H2,1-2H3/b7-3-,11-5+/t12-,13+,14+,15-/m1/s1. The first kappa shape index (κ1) is 14.6. The monoisotopic (exact) mass is 291 g/mol. The highest BCUT2D eigenvalue weighted by Gasteiger charge is 2.52. The van der Waals surface area contributed by atoms with Gasteiger partial charge in [0.2, 0.25) is 0 Å². The fraction of sp³-hybridized carbons (Fsp3) is 0.706. The second-order valence-corrected chi connectivity index (χ2v) is 7.31. The summed E-state index contributed by atoms with van der Waals surface area (Å²) in [6.45, 7) is 5.05. The number of fused-ring (bicyclic) bond motifs is 5. The van der Waals surface area contributed by atoms with Gasteiger partial charge < -0.3 is 15.2 Å². The van der Waals surface area contributed by atoms with Gasteiger partial charge in [0, 0.05) is 5.57 Å². The van der Waals surface area contributed by atoms with E-state index >= 15 is 0 Å². The molecule has 0 unspecified atom stereocenters. The predicted octanol–water partition coefficient (Wildman–Crippen LogP) is 2.54. The van der Waals surface area contributed by atoms with Crippen LogP contribution < -0.4 is 5.73 Å². The molecule has 0 spiro atoms. The number of nitrogens with two attached hydrogens (primary N) is 1. The maximum Gasteiger partial charge on any atom is 0.334 e. The summed E-state index contributed by atoms with van der Waals surface area (Å²) in [4.78, 5) is 12.1. The first-order chi connectivity index (χ1) is 10.00. The average Bonchev–Trinajstić information content (AvgIpc) is 2.92. The van der Waals surface area contributed by atoms with Crippen LogP contribution in [0.1, 0.15) is 39.5 Å². The van der Waals surface area contributed by atoms with Gasteiger partial charge in [0.1, 0.15) is 6.61 Å². The second kappa shape index (κ2) is 5.48. The fourth-order valence-corrected chi connectivity index (χ4v) is 4.25. The molecule has 21 heavy (non-hydrogen) atoms. The predicted molar refractivity (Wildman–Crippen MR) is 80.3 cm³/mol. The van der Waals surface area contributed by atoms with Gasteiger partial charge in [-0.05, 0) is 49.1 Å². The Balaban J connectivity index is 1.79. The van der Waals surface area contributed by atoms with Crippen molar-refractivity contribution in [3.63, 3.8) is 0 Å². The lowest BCUT2D eigenvalue weighted by Crippen LogP contribution is -2.26. The van der Waals surface area contributed by atoms with Crippen molar-refractivity contribution < 1.29 is 14.3 Å². The highest BCUT2D eigenvalue weighted by molar-refractivity contribution is 5.88. The largest absolute Gasteiger partial charge is 0.460 e. The van der Waals surface area contributed by atoms with Crippen LogP contribution in [0.15, 0.2) is 23.9 Å². The Kier molecular flexibility index (Phi) is 3.82. The molecule has 2 N–H and O–H groups in total. The highest BCUT2D eigenvalue weighted by atomic mass is 16.6. The normalized spacial score (nSPS) is 40.9. The van der Waals surface area contributed by atoms with Gasteiger partial charge in [0.25, 0.3) is 0 Å². The fourth-order valence-electron chi connectivity index (χ4n) is 4.25. The molecule has 1 aliphatic carbocycles. The van der Waals surface area contributed by atoms with Gasteiger partial charge in [0.05, 0.1) is 12.2 Å². The number of hydrogen-bond donors (Lipinski definition) is 1. The minimum atomic E-state index is -0.224. The molecule has 4 atom stereocenters. The van der Waals surface area contributed by atoms with Crippen molar-refractivity contribution in [1.29, 1.82) is 0 Å². The van der Waals surface area contributed by atoms with E-state index in [9.17, 15) is 4.79 Å². The van der Waals surface area contributed by atoms with Gasteiger partial charge in [-0.15, -0.1) is 0 Å². The SMILES string of the molecule is CC1(C)C[C@@H]2[C@H](C1)[C@H]1COC(=O)/C(C/C=C\N)=C/C[C@@H]2O1. The topological polar surface area (TPSA) is 61.5 Å². The molecule has 0 amide bonds. The number of carbonyl (C=O) groups excluding carboxylic acids is 1. The molecule has 0 aromatic carbocycles. The van der Waals surface area contributed by atoms with Crippen LogP contribution in [0.5, 0.6) is 0 Å². The third kappa shape index (κ3) is 2.86. The third-order valence-electron chi connectivity index (χ3n) is 5.14. The zero-order valence-electron chi connectivity index (χ0n) is 12.9. The summed E-state index contributed by atoms with van der Waals surface area (Å²) >= 11 is 0. The van der Waals surface area contributed by atoms with E-state index in [1.165, 1.54) is 19.0 Å². The molecule has 4 heteroatoms. The molecule has 0 radical (unpaired) electrons. The average molecular weight is 291 g/mol. The Bertz CT molecular complexity index is 480. The van der Waals surface area contributed by atoms with E-state index in [-0.39, 0.29) is 18.2 Å². The number of allylic oxidation sites excluding steroid dienone is 1. The molecular weight excluding hydrogens is 266 g/mol. The van der Waals surface area contributed by atoms with Crippen LogP contribution in [0.3, 0.4) is 0 Å². The van der Waals surface area contributed by atoms with Crippen molar-refractivity contribution in [1.82, 2.24) is 0 Å². The van der Waals surface area contributed by atoms with Crippen LogP contribution >= 0.6 is 0 Å². The van der Waals surface area contributed by atoms with Crippen LogP contribution in [-0.2, 0) is 14.3 Å². The highest BCUT2D eigenvalue weighted by Crippen LogP contribution is 2.53. The molecule has 0 aromatic heterocycles. The minimum absolute atomic E-state index is 0.0727. The summed E-state index contributed by atoms with van der Waals surface area (Å²) in [5, 5.41) is 0. The zero-order valence-corrected chi connectivity index (χ0v) is 12.9. The van der Waals surface area contributed by atoms with Gasteiger partial charge >= 0.3 is 5.97 Å². The molecule has 2 bridgehead atoms. The molecule has 2 fully saturated rings. The molecule has 4 nitrogen and oxygen atoms in total. The number of carbonyl (C=O) groups is 1. The lowest BCUT2D eigenvalue weighted by Gasteiger charge is -2.23. The van der Waals surface area contributed by atoms with Crippen molar-refractivity contribution >= 4 is 5.97 Å². The van der Waals surface area contributed by atoms with Gasteiger partial charge in [-0.3, -0.25) is 0 Å². The summed E-state index contributed by atoms with van der Waals surface area (Å²) in [5.41, 5.74) is 6.44. The van der Waals surface area contributed by atoms with Gasteiger partial charge in [-0.2, -0.15) is 0 Å². The van der Waals surface area contributed by atoms with Crippen molar-refractivity contribution in [2.75, 3.05) is 6.61 Å². The van der Waals surface area contributed by atoms with E-state index < -0.39 is 0 Å². The van der Waals surface area contributed by atoms with Crippen LogP contribution in [0.2, 0.25) is 0 Å². The summed E-state index contributed by atoms with van der Waals surface area (Å²) in [6, 6.07) is 0. The minimum Gasteiger partial charge on any atom is -0.460 e. The van der Waals surface area contributed by atoms with E-state index in [1.54, 1.807) is 6.08 Å². The van der Waals surface area contributed by atoms with Crippen molar-refractivity contribution in [2.45, 2.75) is 51.7 Å². The van der Waals surface area contributed by atoms with E-state index in [4.69, 9.17) is 15.2 Å². The molecule has 1 saturated carbocycles. The Morgan fingerprint density at radius 3 is 2.76 bits per heavy atom. The summed E-state index contributed by atoms with van der Waals surface area (Å²) < 4.78 is 11.7. The quantitative estimate of drug-likeness (QED) is 0.794. The summed E-state index contributed by atoms with van der Waals surface area (Å²) in [7, 11) is 0. The first-order valence-electron chi connectivity index (χ1n) is 7.88. The molecule has 3 rings (SSSR count). The number of esters is 1. The van der Waals surface area contributed by atoms with Gasteiger partial charge in [0.15, 0.2) is 0 Å². The molecule has 1 saturated heterocycles. The molecular formula is C17H25NO3. The number of ether oxygens (including phenoxy) is 2. The van der Waals surface area contributed by atoms with Crippen LogP contribution in [0.4, 0.5) is 0 Å². The lowest BCUT2D eigenvalue weighted by molar-refractivity contribution is -0.143. The van der Waals surface area contributed by atoms with E-state index in [2.05, 4.69) is 13.8 Å². The van der Waals surface area contributed by atoms with E-state index in [0.717, 1.165) is 6.42 Å². The molecule has 2 heterocycles. The summed E-state index contributed by atoms with van der Waals surface area (Å²) in [6.07, 6.45) is 9.26. The zero-order chi connectivity index (χ0) is 15.0. The van der Waals surface area contributed by atoms with Crippen molar-refractivity contribution in [3.8, 4) is 0 Å². The second-order valence-electron chi connectivity index (χ2n) is 7.31. The number of hydrogen-bond acceptors (Lipinski definition) is 4. The molecule has 3 aliphatic rings. The molecule has 0 aromatic rings. The number of cyclic esters (lactones) is 1. The van der Waals surface area contributed by atoms with Crippen LogP contribution in [-0.4, -0.2) is 24.8 Å². The smallest absolute Gasteiger partial charge is 0.334 e. The van der Waals surface area contributed by atoms with Crippen LogP contribution in [0.25, 0.3) is 0 Å².